The summed E-state index contributed by atoms with van der Waals surface area (Å²) in [6, 6.07) is 39.7. The van der Waals surface area contributed by atoms with Gasteiger partial charge in [0.05, 0.1) is 36.2 Å². The van der Waals surface area contributed by atoms with Crippen LogP contribution in [0.25, 0.3) is 66.7 Å². The first-order valence-corrected chi connectivity index (χ1v) is 20.7. The van der Waals surface area contributed by atoms with Gasteiger partial charge in [-0.25, -0.2) is 0 Å². The van der Waals surface area contributed by atoms with Gasteiger partial charge in [-0.2, -0.15) is 0 Å². The molecule has 0 atom stereocenters. The van der Waals surface area contributed by atoms with Crippen molar-refractivity contribution in [3.63, 3.8) is 0 Å². The first-order valence-electron chi connectivity index (χ1n) is 17.2. The Kier molecular flexibility index (Phi) is 10.5. The van der Waals surface area contributed by atoms with Crippen LogP contribution in [0.3, 0.4) is 0 Å². The number of fused-ring (bicyclic) bond motifs is 4. The minimum Gasteiger partial charge on any atom is -0.500 e. The molecular formula is C44H42IrN4OSi-2. The number of rotatable bonds is 6. The van der Waals surface area contributed by atoms with Crippen LogP contribution in [-0.2, 0) is 33.6 Å². The third-order valence-corrected chi connectivity index (χ3v) is 11.2. The Bertz CT molecular complexity index is 2440. The minimum atomic E-state index is -1.34. The summed E-state index contributed by atoms with van der Waals surface area (Å²) in [4.78, 5) is 13.9. The van der Waals surface area contributed by atoms with Gasteiger partial charge in [0.15, 0.2) is 0 Å². The largest absolute Gasteiger partial charge is 0.500 e. The molecule has 0 spiro atoms. The summed E-state index contributed by atoms with van der Waals surface area (Å²) in [5.41, 5.74) is 11.6. The molecule has 0 saturated carbocycles. The molecule has 0 amide bonds. The molecule has 5 nitrogen and oxygen atoms in total. The van der Waals surface area contributed by atoms with Gasteiger partial charge in [0.25, 0.3) is 0 Å². The number of imidazole rings is 1. The summed E-state index contributed by atoms with van der Waals surface area (Å²) in [7, 11) is 0.685. The summed E-state index contributed by atoms with van der Waals surface area (Å²) in [6.45, 7) is 13.7. The number of furan rings is 1. The van der Waals surface area contributed by atoms with Crippen LogP contribution in [0.5, 0.6) is 0 Å². The summed E-state index contributed by atoms with van der Waals surface area (Å²) in [6.07, 6.45) is 5.04. The van der Waals surface area contributed by atoms with Crippen LogP contribution in [0.15, 0.2) is 114 Å². The van der Waals surface area contributed by atoms with E-state index >= 15 is 0 Å². The summed E-state index contributed by atoms with van der Waals surface area (Å²) < 4.78 is 8.16. The van der Waals surface area contributed by atoms with Gasteiger partial charge < -0.3 is 14.0 Å². The van der Waals surface area contributed by atoms with Crippen LogP contribution < -0.4 is 5.19 Å². The van der Waals surface area contributed by atoms with Gasteiger partial charge >= 0.3 is 0 Å². The van der Waals surface area contributed by atoms with Crippen LogP contribution in [-0.4, -0.2) is 27.6 Å². The van der Waals surface area contributed by atoms with Crippen molar-refractivity contribution in [2.75, 3.05) is 0 Å². The van der Waals surface area contributed by atoms with Crippen molar-refractivity contribution < 1.29 is 24.5 Å². The first-order chi connectivity index (χ1) is 24.1. The number of hydrogen-bond donors (Lipinski definition) is 0. The zero-order chi connectivity index (χ0) is 35.0. The Balaban J connectivity index is 0.000000188. The molecule has 0 aliphatic rings. The van der Waals surface area contributed by atoms with Crippen molar-refractivity contribution in [1.29, 1.82) is 0 Å². The maximum absolute atomic E-state index is 6.07. The van der Waals surface area contributed by atoms with E-state index in [9.17, 15) is 0 Å². The van der Waals surface area contributed by atoms with E-state index in [2.05, 4.69) is 121 Å². The fraction of sp³-hybridized carbons (Fsp3) is 0.205. The van der Waals surface area contributed by atoms with E-state index in [4.69, 9.17) is 9.40 Å². The molecule has 8 aromatic rings. The number of benzene rings is 4. The number of hydrogen-bond acceptors (Lipinski definition) is 4. The molecule has 7 heteroatoms. The van der Waals surface area contributed by atoms with E-state index in [-0.39, 0.29) is 20.1 Å². The molecule has 0 fully saturated rings. The number of pyridine rings is 2. The molecule has 8 rings (SSSR count). The molecule has 4 aromatic carbocycles. The fourth-order valence-electron chi connectivity index (χ4n) is 6.73. The second-order valence-corrected chi connectivity index (χ2v) is 19.5. The van der Waals surface area contributed by atoms with Crippen molar-refractivity contribution >= 4 is 46.2 Å². The first kappa shape index (κ1) is 36.1. The maximum atomic E-state index is 6.07. The van der Waals surface area contributed by atoms with Crippen LogP contribution in [0.1, 0.15) is 25.1 Å². The van der Waals surface area contributed by atoms with E-state index in [1.807, 2.05) is 56.4 Å². The zero-order valence-corrected chi connectivity index (χ0v) is 33.6. The smallest absolute Gasteiger partial charge is 0.121 e. The van der Waals surface area contributed by atoms with E-state index in [1.54, 1.807) is 6.20 Å². The molecule has 4 aromatic heterocycles. The number of nitrogens with zero attached hydrogens (tertiary/aromatic N) is 4. The Morgan fingerprint density at radius 1 is 0.804 bits per heavy atom. The van der Waals surface area contributed by atoms with E-state index in [0.717, 1.165) is 67.7 Å². The molecule has 259 valence electrons. The third-order valence-electron chi connectivity index (χ3n) is 9.13. The van der Waals surface area contributed by atoms with Crippen LogP contribution in [0, 0.1) is 25.0 Å². The molecule has 1 radical (unpaired) electrons. The molecule has 51 heavy (non-hydrogen) atoms. The average Bonchev–Trinajstić information content (AvgIpc) is 3.65. The van der Waals surface area contributed by atoms with Crippen molar-refractivity contribution in [3.05, 3.63) is 133 Å². The minimum absolute atomic E-state index is 0. The molecule has 0 unspecified atom stereocenters. The number of aromatic nitrogens is 4. The van der Waals surface area contributed by atoms with Gasteiger partial charge in [-0.05, 0) is 59.5 Å². The van der Waals surface area contributed by atoms with E-state index in [1.165, 1.54) is 21.9 Å². The molecule has 0 aliphatic carbocycles. The Labute approximate surface area is 315 Å². The average molecular weight is 863 g/mol. The molecule has 4 heterocycles. The molecule has 0 saturated heterocycles. The van der Waals surface area contributed by atoms with Crippen molar-refractivity contribution in [2.24, 2.45) is 13.0 Å². The molecular weight excluding hydrogens is 821 g/mol. The predicted octanol–water partition coefficient (Wildman–Crippen LogP) is 10.6. The van der Waals surface area contributed by atoms with Crippen molar-refractivity contribution in [3.8, 4) is 33.8 Å². The van der Waals surface area contributed by atoms with Gasteiger partial charge in [0.1, 0.15) is 5.58 Å². The number of aryl methyl sites for hydroxylation is 2. The summed E-state index contributed by atoms with van der Waals surface area (Å²) >= 11 is 0. The van der Waals surface area contributed by atoms with Gasteiger partial charge in [-0.15, -0.1) is 59.7 Å². The fourth-order valence-corrected chi connectivity index (χ4v) is 8.32. The second-order valence-electron chi connectivity index (χ2n) is 14.4. The topological polar surface area (TPSA) is 56.7 Å². The quantitative estimate of drug-likeness (QED) is 0.123. The normalized spacial score (nSPS) is 11.5. The van der Waals surface area contributed by atoms with Gasteiger partial charge in [0.2, 0.25) is 0 Å². The zero-order valence-electron chi connectivity index (χ0n) is 30.2. The van der Waals surface area contributed by atoms with Gasteiger partial charge in [-0.1, -0.05) is 86.9 Å². The molecule has 0 aliphatic heterocycles. The van der Waals surface area contributed by atoms with E-state index in [0.29, 0.717) is 5.92 Å². The molecule has 0 bridgehead atoms. The van der Waals surface area contributed by atoms with Gasteiger partial charge in [-0.3, -0.25) is 9.97 Å². The van der Waals surface area contributed by atoms with Crippen LogP contribution >= 0.6 is 0 Å². The third kappa shape index (κ3) is 7.52. The van der Waals surface area contributed by atoms with Crippen LogP contribution in [0.2, 0.25) is 19.6 Å². The summed E-state index contributed by atoms with van der Waals surface area (Å²) in [5, 5.41) is 3.66. The van der Waals surface area contributed by atoms with Crippen molar-refractivity contribution in [2.45, 2.75) is 46.8 Å². The predicted molar refractivity (Wildman–Crippen MR) is 210 cm³/mol. The standard InChI is InChI=1S/C26H18N3O.C18H24NSi.Ir/c1-16-25-22(12-13-27-16)28-26(29(25)2)19-9-11-24-21(15-19)20-14-18(8-10-23(20)30-24)17-6-4-3-5-7-17;1-14(2)11-16-12-17(15-9-7-6-8-10-15)19-13-18(16)20(3,4)5;/h3-8,10-15H,1-2H3;6-9,12-14H,11H2,1-5H3;/q2*-1;. The Hall–Kier alpha value is -4.68. The van der Waals surface area contributed by atoms with E-state index < -0.39 is 8.07 Å². The van der Waals surface area contributed by atoms with Gasteiger partial charge in [0, 0.05) is 44.9 Å². The monoisotopic (exact) mass is 863 g/mol. The van der Waals surface area contributed by atoms with Crippen LogP contribution in [0.4, 0.5) is 0 Å². The summed E-state index contributed by atoms with van der Waals surface area (Å²) in [5.74, 6) is 1.54. The second kappa shape index (κ2) is 14.9. The Morgan fingerprint density at radius 3 is 2.27 bits per heavy atom. The Morgan fingerprint density at radius 2 is 1.57 bits per heavy atom. The SMILES string of the molecule is CC(C)Cc1cc(-c2[c-]cccc2)ncc1[Si](C)(C)C.Cc1nccc2nc(-c3[c-]cc4oc5ccc(-c6ccccc6)cc5c4c3)n(C)c12.[Ir]. The maximum Gasteiger partial charge on any atom is 0.121 e. The van der Waals surface area contributed by atoms with Crippen molar-refractivity contribution in [1.82, 2.24) is 19.5 Å². The molecule has 0 N–H and O–H groups in total.